The summed E-state index contributed by atoms with van der Waals surface area (Å²) in [5.41, 5.74) is 3.80. The zero-order chi connectivity index (χ0) is 23.4. The van der Waals surface area contributed by atoms with Crippen LogP contribution in [0.2, 0.25) is 0 Å². The molecule has 174 valence electrons. The van der Waals surface area contributed by atoms with Crippen molar-refractivity contribution in [2.75, 3.05) is 36.0 Å². The van der Waals surface area contributed by atoms with Crippen LogP contribution in [0, 0.1) is 5.92 Å². The summed E-state index contributed by atoms with van der Waals surface area (Å²) in [6.07, 6.45) is 3.66. The van der Waals surface area contributed by atoms with Crippen molar-refractivity contribution in [2.45, 2.75) is 40.2 Å². The van der Waals surface area contributed by atoms with Crippen molar-refractivity contribution in [1.29, 1.82) is 0 Å². The highest BCUT2D eigenvalue weighted by Crippen LogP contribution is 2.22. The predicted molar refractivity (Wildman–Crippen MR) is 133 cm³/mol. The number of rotatable bonds is 8. The average molecular weight is 448 g/mol. The highest BCUT2D eigenvalue weighted by molar-refractivity contribution is 5.94. The molecule has 0 spiro atoms. The molecule has 0 radical (unpaired) electrons. The van der Waals surface area contributed by atoms with E-state index in [0.717, 1.165) is 61.6 Å². The Morgan fingerprint density at radius 3 is 1.91 bits per heavy atom. The number of anilines is 2. The molecule has 0 aliphatic carbocycles. The molecule has 33 heavy (non-hydrogen) atoms. The van der Waals surface area contributed by atoms with Crippen molar-refractivity contribution in [1.82, 2.24) is 14.3 Å². The lowest BCUT2D eigenvalue weighted by molar-refractivity contribution is 0.101. The largest absolute Gasteiger partial charge is 0.368 e. The molecule has 2 heterocycles. The van der Waals surface area contributed by atoms with Gasteiger partial charge in [-0.15, -0.1) is 0 Å². The van der Waals surface area contributed by atoms with E-state index in [0.29, 0.717) is 12.5 Å². The molecule has 1 aliphatic heterocycles. The fourth-order valence-electron chi connectivity index (χ4n) is 4.27. The minimum Gasteiger partial charge on any atom is -0.368 e. The van der Waals surface area contributed by atoms with Crippen LogP contribution < -0.4 is 15.5 Å². The highest BCUT2D eigenvalue weighted by Gasteiger charge is 2.18. The van der Waals surface area contributed by atoms with E-state index in [1.54, 1.807) is 22.5 Å². The van der Waals surface area contributed by atoms with Crippen molar-refractivity contribution < 1.29 is 4.79 Å². The quantitative estimate of drug-likeness (QED) is 0.489. The van der Waals surface area contributed by atoms with Crippen LogP contribution in [0.15, 0.2) is 59.7 Å². The fraction of sp³-hybridized carbons (Fsp3) is 0.423. The summed E-state index contributed by atoms with van der Waals surface area (Å²) in [6.45, 7) is 10.3. The van der Waals surface area contributed by atoms with Gasteiger partial charge in [0.05, 0.1) is 5.69 Å². The monoisotopic (exact) mass is 447 g/mol. The number of aryl methyl sites for hydroxylation is 1. The van der Waals surface area contributed by atoms with E-state index >= 15 is 0 Å². The number of carbonyl (C=O) groups is 1. The van der Waals surface area contributed by atoms with Crippen LogP contribution in [0.25, 0.3) is 5.69 Å². The Labute approximate surface area is 195 Å². The summed E-state index contributed by atoms with van der Waals surface area (Å²) >= 11 is 0. The van der Waals surface area contributed by atoms with Gasteiger partial charge in [0.15, 0.2) is 5.78 Å². The lowest BCUT2D eigenvalue weighted by Crippen LogP contribution is -2.46. The summed E-state index contributed by atoms with van der Waals surface area (Å²) in [4.78, 5) is 28.9. The van der Waals surface area contributed by atoms with Gasteiger partial charge in [-0.2, -0.15) is 5.10 Å². The zero-order valence-electron chi connectivity index (χ0n) is 19.8. The molecule has 2 aromatic carbocycles. The number of nitrogens with zero attached hydrogens (tertiary/aromatic N) is 5. The second kappa shape index (κ2) is 10.1. The van der Waals surface area contributed by atoms with Crippen LogP contribution in [0.5, 0.6) is 0 Å². The number of carbonyl (C=O) groups excluding carboxylic acids is 1. The van der Waals surface area contributed by atoms with E-state index in [4.69, 9.17) is 0 Å². The van der Waals surface area contributed by atoms with Gasteiger partial charge in [0, 0.05) is 49.7 Å². The van der Waals surface area contributed by atoms with E-state index < -0.39 is 0 Å². The van der Waals surface area contributed by atoms with Gasteiger partial charge in [0.2, 0.25) is 0 Å². The summed E-state index contributed by atoms with van der Waals surface area (Å²) in [6, 6.07) is 16.0. The number of Topliss-reactive ketones (excluding diaryl/α,β-unsaturated/α-hetero) is 1. The lowest BCUT2D eigenvalue weighted by atomic mass is 10.1. The third-order valence-corrected chi connectivity index (χ3v) is 6.30. The van der Waals surface area contributed by atoms with Crippen molar-refractivity contribution in [3.8, 4) is 5.69 Å². The van der Waals surface area contributed by atoms with Gasteiger partial charge >= 0.3 is 5.69 Å². The number of hydrogen-bond donors (Lipinski definition) is 0. The molecule has 3 aromatic rings. The number of benzene rings is 2. The standard InChI is InChI=1S/C26H33N5O2/c1-20(2)5-4-14-31-26(33)30(19-27-31)25-12-10-24(11-13-25)29-17-15-28(16-18-29)23-8-6-22(7-9-23)21(3)32/h6-13,19-20H,4-5,14-18H2,1-3H3. The third kappa shape index (κ3) is 5.35. The molecule has 0 amide bonds. The molecule has 0 saturated carbocycles. The number of piperazine rings is 1. The highest BCUT2D eigenvalue weighted by atomic mass is 16.2. The van der Waals surface area contributed by atoms with Gasteiger partial charge < -0.3 is 9.80 Å². The molecule has 4 rings (SSSR count). The van der Waals surface area contributed by atoms with Crippen molar-refractivity contribution in [2.24, 2.45) is 5.92 Å². The second-order valence-corrected chi connectivity index (χ2v) is 9.14. The normalized spacial score (nSPS) is 14.2. The summed E-state index contributed by atoms with van der Waals surface area (Å²) in [7, 11) is 0. The van der Waals surface area contributed by atoms with Crippen LogP contribution in [-0.2, 0) is 6.54 Å². The zero-order valence-corrected chi connectivity index (χ0v) is 19.8. The minimum absolute atomic E-state index is 0.0871. The molecular weight excluding hydrogens is 414 g/mol. The van der Waals surface area contributed by atoms with Crippen LogP contribution >= 0.6 is 0 Å². The fourth-order valence-corrected chi connectivity index (χ4v) is 4.27. The minimum atomic E-state index is -0.0871. The summed E-state index contributed by atoms with van der Waals surface area (Å²) in [5.74, 6) is 0.722. The van der Waals surface area contributed by atoms with Gasteiger partial charge in [-0.3, -0.25) is 4.79 Å². The third-order valence-electron chi connectivity index (χ3n) is 6.30. The van der Waals surface area contributed by atoms with Gasteiger partial charge in [0.1, 0.15) is 6.33 Å². The topological polar surface area (TPSA) is 63.4 Å². The Morgan fingerprint density at radius 1 is 0.879 bits per heavy atom. The average Bonchev–Trinajstić information content (AvgIpc) is 3.19. The van der Waals surface area contributed by atoms with E-state index in [1.165, 1.54) is 0 Å². The maximum atomic E-state index is 12.7. The Bertz CT molecular complexity index is 1120. The molecule has 0 N–H and O–H groups in total. The van der Waals surface area contributed by atoms with E-state index in [-0.39, 0.29) is 11.5 Å². The SMILES string of the molecule is CC(=O)c1ccc(N2CCN(c3ccc(-n4cnn(CCCC(C)C)c4=O)cc3)CC2)cc1. The molecule has 0 atom stereocenters. The lowest BCUT2D eigenvalue weighted by Gasteiger charge is -2.37. The first-order valence-corrected chi connectivity index (χ1v) is 11.8. The van der Waals surface area contributed by atoms with Crippen LogP contribution in [0.4, 0.5) is 11.4 Å². The smallest absolute Gasteiger partial charge is 0.350 e. The predicted octanol–water partition coefficient (Wildman–Crippen LogP) is 4.00. The molecular formula is C26H33N5O2. The van der Waals surface area contributed by atoms with Crippen LogP contribution in [0.3, 0.4) is 0 Å². The molecule has 7 heteroatoms. The molecule has 7 nitrogen and oxygen atoms in total. The van der Waals surface area contributed by atoms with Crippen molar-refractivity contribution >= 4 is 17.2 Å². The maximum Gasteiger partial charge on any atom is 0.350 e. The van der Waals surface area contributed by atoms with Crippen LogP contribution in [0.1, 0.15) is 44.0 Å². The van der Waals surface area contributed by atoms with Crippen molar-refractivity contribution in [3.05, 3.63) is 70.9 Å². The van der Waals surface area contributed by atoms with Crippen LogP contribution in [-0.4, -0.2) is 46.3 Å². The van der Waals surface area contributed by atoms with Gasteiger partial charge in [-0.1, -0.05) is 13.8 Å². The Hall–Kier alpha value is -3.35. The molecule has 0 unspecified atom stereocenters. The summed E-state index contributed by atoms with van der Waals surface area (Å²) in [5, 5.41) is 4.29. The first-order valence-electron chi connectivity index (χ1n) is 11.8. The maximum absolute atomic E-state index is 12.7. The Morgan fingerprint density at radius 2 is 1.39 bits per heavy atom. The molecule has 0 bridgehead atoms. The van der Waals surface area contributed by atoms with Gasteiger partial charge in [-0.05, 0) is 74.2 Å². The van der Waals surface area contributed by atoms with E-state index in [1.807, 2.05) is 36.4 Å². The first kappa shape index (κ1) is 22.8. The molecule has 1 saturated heterocycles. The molecule has 1 aromatic heterocycles. The number of ketones is 1. The first-order chi connectivity index (χ1) is 15.9. The molecule has 1 aliphatic rings. The van der Waals surface area contributed by atoms with E-state index in [9.17, 15) is 9.59 Å². The van der Waals surface area contributed by atoms with Crippen molar-refractivity contribution in [3.63, 3.8) is 0 Å². The second-order valence-electron chi connectivity index (χ2n) is 9.14. The Kier molecular flexibility index (Phi) is 6.96. The Balaban J connectivity index is 1.36. The summed E-state index contributed by atoms with van der Waals surface area (Å²) < 4.78 is 3.17. The van der Waals surface area contributed by atoms with Gasteiger partial charge in [0.25, 0.3) is 0 Å². The number of hydrogen-bond acceptors (Lipinski definition) is 5. The van der Waals surface area contributed by atoms with Gasteiger partial charge in [-0.25, -0.2) is 14.0 Å². The number of aromatic nitrogens is 3. The van der Waals surface area contributed by atoms with E-state index in [2.05, 4.69) is 40.9 Å². The molecule has 1 fully saturated rings.